The van der Waals surface area contributed by atoms with Gasteiger partial charge in [0.25, 0.3) is 10.0 Å². The highest BCUT2D eigenvalue weighted by molar-refractivity contribution is 7.92. The maximum Gasteiger partial charge on any atom is 0.303 e. The summed E-state index contributed by atoms with van der Waals surface area (Å²) >= 11 is 6.20. The molecule has 1 N–H and O–H groups in total. The van der Waals surface area contributed by atoms with E-state index in [1.807, 2.05) is 0 Å². The largest absolute Gasteiger partial charge is 0.497 e. The molecule has 1 unspecified atom stereocenters. The van der Waals surface area contributed by atoms with Crippen LogP contribution in [-0.2, 0) is 14.8 Å². The van der Waals surface area contributed by atoms with Crippen LogP contribution in [0.25, 0.3) is 0 Å². The predicted octanol–water partition coefficient (Wildman–Crippen LogP) is 3.65. The molecule has 0 saturated heterocycles. The lowest BCUT2D eigenvalue weighted by Gasteiger charge is -2.20. The molecule has 0 spiro atoms. The summed E-state index contributed by atoms with van der Waals surface area (Å²) in [6.07, 6.45) is -0.0203. The summed E-state index contributed by atoms with van der Waals surface area (Å²) < 4.78 is 46.8. The Morgan fingerprint density at radius 2 is 1.96 bits per heavy atom. The fraction of sp³-hybridized carbons (Fsp3) is 0.278. The van der Waals surface area contributed by atoms with Crippen molar-refractivity contribution in [1.82, 2.24) is 0 Å². The van der Waals surface area contributed by atoms with E-state index in [4.69, 9.17) is 21.4 Å². The fourth-order valence-corrected chi connectivity index (χ4v) is 5.05. The molecular weight excluding hydrogens is 397 g/mol. The molecule has 1 heterocycles. The number of fused-ring (bicyclic) bond motifs is 1. The molecule has 144 valence electrons. The summed E-state index contributed by atoms with van der Waals surface area (Å²) in [5.41, 5.74) is 0.212. The van der Waals surface area contributed by atoms with Crippen LogP contribution in [0.2, 0.25) is 5.02 Å². The third kappa shape index (κ3) is 3.59. The number of methoxy groups -OCH3 is 1. The Bertz CT molecular complexity index is 978. The minimum atomic E-state index is -4.06. The first-order valence-electron chi connectivity index (χ1n) is 8.12. The zero-order chi connectivity index (χ0) is 19.8. The summed E-state index contributed by atoms with van der Waals surface area (Å²) in [6, 6.07) is 8.21. The molecule has 0 saturated carbocycles. The standard InChI is InChI=1S/C18H17ClFNO5S/c1-26-12-3-5-13(6-4-12)27(24,25)21-10-11(2-9-16(22)23)17-14(19)7-8-15(20)18(17)21/h3-8,11H,2,9-10H2,1H3,(H,22,23). The monoisotopic (exact) mass is 413 g/mol. The van der Waals surface area contributed by atoms with Gasteiger partial charge >= 0.3 is 5.97 Å². The van der Waals surface area contributed by atoms with Crippen molar-refractivity contribution in [2.75, 3.05) is 18.0 Å². The number of halogens is 2. The quantitative estimate of drug-likeness (QED) is 0.781. The van der Waals surface area contributed by atoms with Crippen LogP contribution in [0.4, 0.5) is 10.1 Å². The number of carboxylic acid groups (broad SMARTS) is 1. The molecule has 0 radical (unpaired) electrons. The summed E-state index contributed by atoms with van der Waals surface area (Å²) in [5.74, 6) is -1.75. The molecule has 0 aliphatic carbocycles. The van der Waals surface area contributed by atoms with Gasteiger partial charge in [-0.1, -0.05) is 11.6 Å². The highest BCUT2D eigenvalue weighted by Gasteiger charge is 2.40. The van der Waals surface area contributed by atoms with Crippen molar-refractivity contribution in [2.45, 2.75) is 23.7 Å². The third-order valence-electron chi connectivity index (χ3n) is 4.51. The topological polar surface area (TPSA) is 83.9 Å². The van der Waals surface area contributed by atoms with Crippen molar-refractivity contribution in [3.63, 3.8) is 0 Å². The number of carbonyl (C=O) groups is 1. The van der Waals surface area contributed by atoms with E-state index in [9.17, 15) is 17.6 Å². The number of rotatable bonds is 6. The molecule has 6 nitrogen and oxygen atoms in total. The predicted molar refractivity (Wildman–Crippen MR) is 98.5 cm³/mol. The summed E-state index contributed by atoms with van der Waals surface area (Å²) in [5, 5.41) is 9.16. The zero-order valence-electron chi connectivity index (χ0n) is 14.4. The lowest BCUT2D eigenvalue weighted by Crippen LogP contribution is -2.30. The number of carboxylic acids is 1. The molecule has 0 amide bonds. The second kappa shape index (κ2) is 7.36. The van der Waals surface area contributed by atoms with Gasteiger partial charge in [0.1, 0.15) is 11.6 Å². The first-order chi connectivity index (χ1) is 12.8. The highest BCUT2D eigenvalue weighted by atomic mass is 35.5. The molecule has 1 atom stereocenters. The Balaban J connectivity index is 2.06. The Labute approximate surface area is 161 Å². The number of anilines is 1. The minimum absolute atomic E-state index is 0.0208. The summed E-state index contributed by atoms with van der Waals surface area (Å²) in [4.78, 5) is 10.9. The van der Waals surface area contributed by atoms with Gasteiger partial charge in [-0.15, -0.1) is 0 Å². The number of benzene rings is 2. The Morgan fingerprint density at radius 3 is 2.56 bits per heavy atom. The van der Waals surface area contributed by atoms with E-state index in [2.05, 4.69) is 0 Å². The van der Waals surface area contributed by atoms with E-state index in [0.29, 0.717) is 11.3 Å². The molecule has 27 heavy (non-hydrogen) atoms. The van der Waals surface area contributed by atoms with Crippen molar-refractivity contribution in [3.8, 4) is 5.75 Å². The summed E-state index contributed by atoms with van der Waals surface area (Å²) in [6.45, 7) is -0.0718. The highest BCUT2D eigenvalue weighted by Crippen LogP contribution is 2.46. The first-order valence-corrected chi connectivity index (χ1v) is 9.94. The number of nitrogens with zero attached hydrogens (tertiary/aromatic N) is 1. The number of ether oxygens (including phenoxy) is 1. The van der Waals surface area contributed by atoms with Crippen LogP contribution in [0.1, 0.15) is 24.3 Å². The second-order valence-corrected chi connectivity index (χ2v) is 8.40. The van der Waals surface area contributed by atoms with Crippen molar-refractivity contribution in [3.05, 3.63) is 52.8 Å². The number of hydrogen-bond donors (Lipinski definition) is 1. The van der Waals surface area contributed by atoms with Crippen molar-refractivity contribution in [2.24, 2.45) is 0 Å². The van der Waals surface area contributed by atoms with Crippen molar-refractivity contribution in [1.29, 1.82) is 0 Å². The number of sulfonamides is 1. The van der Waals surface area contributed by atoms with Crippen LogP contribution in [0.15, 0.2) is 41.3 Å². The van der Waals surface area contributed by atoms with Gasteiger partial charge in [0.15, 0.2) is 0 Å². The second-order valence-electron chi connectivity index (χ2n) is 6.13. The number of aliphatic carboxylic acids is 1. The molecule has 0 aromatic heterocycles. The Kier molecular flexibility index (Phi) is 5.30. The average Bonchev–Trinajstić information content (AvgIpc) is 3.05. The SMILES string of the molecule is COc1ccc(S(=O)(=O)N2CC(CCC(=O)O)c3c(Cl)ccc(F)c32)cc1. The van der Waals surface area contributed by atoms with Gasteiger partial charge in [-0.2, -0.15) is 0 Å². The van der Waals surface area contributed by atoms with E-state index in [1.54, 1.807) is 0 Å². The summed E-state index contributed by atoms with van der Waals surface area (Å²) in [7, 11) is -2.59. The third-order valence-corrected chi connectivity index (χ3v) is 6.62. The number of hydrogen-bond acceptors (Lipinski definition) is 4. The van der Waals surface area contributed by atoms with Crippen molar-refractivity contribution < 1.29 is 27.4 Å². The van der Waals surface area contributed by atoms with Crippen LogP contribution in [0, 0.1) is 5.82 Å². The van der Waals surface area contributed by atoms with Gasteiger partial charge in [0.2, 0.25) is 0 Å². The van der Waals surface area contributed by atoms with Crippen LogP contribution in [0.5, 0.6) is 5.75 Å². The van der Waals surface area contributed by atoms with E-state index >= 15 is 0 Å². The van der Waals surface area contributed by atoms with E-state index in [-0.39, 0.29) is 35.0 Å². The van der Waals surface area contributed by atoms with E-state index in [1.165, 1.54) is 37.4 Å². The first kappa shape index (κ1) is 19.4. The van der Waals surface area contributed by atoms with Crippen LogP contribution in [-0.4, -0.2) is 33.1 Å². The minimum Gasteiger partial charge on any atom is -0.497 e. The Morgan fingerprint density at radius 1 is 1.30 bits per heavy atom. The molecule has 1 aliphatic rings. The maximum absolute atomic E-state index is 14.6. The molecule has 0 bridgehead atoms. The molecule has 2 aromatic carbocycles. The normalized spacial score (nSPS) is 16.3. The van der Waals surface area contributed by atoms with Crippen LogP contribution >= 0.6 is 11.6 Å². The van der Waals surface area contributed by atoms with Crippen LogP contribution < -0.4 is 9.04 Å². The van der Waals surface area contributed by atoms with Gasteiger partial charge in [0.05, 0.1) is 17.7 Å². The van der Waals surface area contributed by atoms with Gasteiger partial charge < -0.3 is 9.84 Å². The lowest BCUT2D eigenvalue weighted by molar-refractivity contribution is -0.137. The molecule has 1 aliphatic heterocycles. The molecule has 0 fully saturated rings. The molecular formula is C18H17ClFNO5S. The van der Waals surface area contributed by atoms with E-state index in [0.717, 1.165) is 10.4 Å². The molecule has 3 rings (SSSR count). The average molecular weight is 414 g/mol. The van der Waals surface area contributed by atoms with Crippen molar-refractivity contribution >= 4 is 33.3 Å². The zero-order valence-corrected chi connectivity index (χ0v) is 15.9. The Hall–Kier alpha value is -2.32. The van der Waals surface area contributed by atoms with Gasteiger partial charge in [-0.25, -0.2) is 12.8 Å². The fourth-order valence-electron chi connectivity index (χ4n) is 3.21. The molecule has 2 aromatic rings. The lowest BCUT2D eigenvalue weighted by atomic mass is 9.96. The molecule has 9 heteroatoms. The van der Waals surface area contributed by atoms with Gasteiger partial charge in [-0.05, 0) is 42.8 Å². The maximum atomic E-state index is 14.6. The van der Waals surface area contributed by atoms with Crippen LogP contribution in [0.3, 0.4) is 0 Å². The smallest absolute Gasteiger partial charge is 0.303 e. The van der Waals surface area contributed by atoms with Gasteiger partial charge in [-0.3, -0.25) is 9.10 Å². The van der Waals surface area contributed by atoms with E-state index < -0.39 is 27.7 Å². The van der Waals surface area contributed by atoms with Gasteiger partial charge in [0, 0.05) is 29.5 Å².